The summed E-state index contributed by atoms with van der Waals surface area (Å²) in [7, 11) is 0. The highest BCUT2D eigenvalue weighted by molar-refractivity contribution is 6.31. The SMILES string of the molecule is OCCCOC(O)Cc1ccccc1Cl. The fourth-order valence-electron chi connectivity index (χ4n) is 1.19. The molecule has 0 fully saturated rings. The number of hydrogen-bond donors (Lipinski definition) is 2. The minimum atomic E-state index is -0.864. The zero-order chi connectivity index (χ0) is 11.1. The van der Waals surface area contributed by atoms with Crippen LogP contribution in [0.3, 0.4) is 0 Å². The summed E-state index contributed by atoms with van der Waals surface area (Å²) >= 11 is 5.92. The zero-order valence-electron chi connectivity index (χ0n) is 8.40. The van der Waals surface area contributed by atoms with Gasteiger partial charge in [-0.15, -0.1) is 0 Å². The van der Waals surface area contributed by atoms with Crippen molar-refractivity contribution in [3.05, 3.63) is 34.9 Å². The van der Waals surface area contributed by atoms with Crippen molar-refractivity contribution in [1.82, 2.24) is 0 Å². The van der Waals surface area contributed by atoms with Gasteiger partial charge in [0.05, 0.1) is 6.61 Å². The molecule has 0 aliphatic carbocycles. The van der Waals surface area contributed by atoms with Crippen molar-refractivity contribution < 1.29 is 14.9 Å². The normalized spacial score (nSPS) is 12.7. The Morgan fingerprint density at radius 3 is 2.73 bits per heavy atom. The molecule has 0 aromatic heterocycles. The maximum absolute atomic E-state index is 9.49. The zero-order valence-corrected chi connectivity index (χ0v) is 9.15. The molecule has 15 heavy (non-hydrogen) atoms. The van der Waals surface area contributed by atoms with Crippen LogP contribution in [-0.2, 0) is 11.2 Å². The van der Waals surface area contributed by atoms with E-state index in [1.807, 2.05) is 18.2 Å². The molecule has 1 aromatic rings. The molecule has 0 bridgehead atoms. The second kappa shape index (κ2) is 6.80. The monoisotopic (exact) mass is 230 g/mol. The standard InChI is InChI=1S/C11H15ClO3/c12-10-5-2-1-4-9(10)8-11(14)15-7-3-6-13/h1-2,4-5,11,13-14H,3,6-8H2. The van der Waals surface area contributed by atoms with Crippen molar-refractivity contribution in [1.29, 1.82) is 0 Å². The molecular formula is C11H15ClO3. The lowest BCUT2D eigenvalue weighted by Gasteiger charge is -2.12. The van der Waals surface area contributed by atoms with Gasteiger partial charge in [0.25, 0.3) is 0 Å². The van der Waals surface area contributed by atoms with E-state index in [0.717, 1.165) is 5.56 Å². The van der Waals surface area contributed by atoms with Crippen LogP contribution in [0.1, 0.15) is 12.0 Å². The summed E-state index contributed by atoms with van der Waals surface area (Å²) in [4.78, 5) is 0. The fraction of sp³-hybridized carbons (Fsp3) is 0.455. The summed E-state index contributed by atoms with van der Waals surface area (Å²) in [6.07, 6.45) is 0.0291. The fourth-order valence-corrected chi connectivity index (χ4v) is 1.41. The Morgan fingerprint density at radius 1 is 1.33 bits per heavy atom. The van der Waals surface area contributed by atoms with Gasteiger partial charge in [-0.05, 0) is 18.1 Å². The molecule has 0 saturated heterocycles. The highest BCUT2D eigenvalue weighted by atomic mass is 35.5. The second-order valence-corrected chi connectivity index (χ2v) is 3.61. The van der Waals surface area contributed by atoms with E-state index in [1.54, 1.807) is 6.07 Å². The number of halogens is 1. The van der Waals surface area contributed by atoms with Crippen molar-refractivity contribution >= 4 is 11.6 Å². The Hall–Kier alpha value is -0.610. The van der Waals surface area contributed by atoms with E-state index in [9.17, 15) is 5.11 Å². The summed E-state index contributed by atoms with van der Waals surface area (Å²) in [5, 5.41) is 18.6. The first-order valence-electron chi connectivity index (χ1n) is 4.88. The van der Waals surface area contributed by atoms with Crippen LogP contribution >= 0.6 is 11.6 Å². The van der Waals surface area contributed by atoms with Crippen LogP contribution in [0.2, 0.25) is 5.02 Å². The van der Waals surface area contributed by atoms with Crippen LogP contribution in [0.25, 0.3) is 0 Å². The highest BCUT2D eigenvalue weighted by Crippen LogP contribution is 2.16. The van der Waals surface area contributed by atoms with Crippen LogP contribution in [0.4, 0.5) is 0 Å². The lowest BCUT2D eigenvalue weighted by Crippen LogP contribution is -2.16. The summed E-state index contributed by atoms with van der Waals surface area (Å²) in [5.74, 6) is 0. The van der Waals surface area contributed by atoms with E-state index in [-0.39, 0.29) is 6.61 Å². The molecule has 1 atom stereocenters. The Kier molecular flexibility index (Phi) is 5.65. The number of benzene rings is 1. The molecule has 0 aliphatic heterocycles. The number of aliphatic hydroxyl groups excluding tert-OH is 2. The first kappa shape index (κ1) is 12.5. The highest BCUT2D eigenvalue weighted by Gasteiger charge is 2.07. The van der Waals surface area contributed by atoms with E-state index in [1.165, 1.54) is 0 Å². The maximum Gasteiger partial charge on any atom is 0.158 e. The van der Waals surface area contributed by atoms with Crippen LogP contribution in [0.5, 0.6) is 0 Å². The molecule has 0 saturated carbocycles. The van der Waals surface area contributed by atoms with Crippen LogP contribution in [0, 0.1) is 0 Å². The molecule has 0 heterocycles. The molecular weight excluding hydrogens is 216 g/mol. The number of rotatable bonds is 6. The Balaban J connectivity index is 2.37. The van der Waals surface area contributed by atoms with Gasteiger partial charge in [0, 0.05) is 18.1 Å². The Morgan fingerprint density at radius 2 is 2.07 bits per heavy atom. The third-order valence-electron chi connectivity index (χ3n) is 1.97. The Bertz CT molecular complexity index is 291. The van der Waals surface area contributed by atoms with Gasteiger partial charge in [0.15, 0.2) is 6.29 Å². The van der Waals surface area contributed by atoms with E-state index >= 15 is 0 Å². The predicted molar refractivity (Wildman–Crippen MR) is 58.8 cm³/mol. The van der Waals surface area contributed by atoms with Gasteiger partial charge in [0.1, 0.15) is 0 Å². The summed E-state index contributed by atoms with van der Waals surface area (Å²) in [5.41, 5.74) is 0.857. The molecule has 2 N–H and O–H groups in total. The average molecular weight is 231 g/mol. The number of hydrogen-bond acceptors (Lipinski definition) is 3. The van der Waals surface area contributed by atoms with E-state index in [4.69, 9.17) is 21.4 Å². The van der Waals surface area contributed by atoms with Gasteiger partial charge in [-0.3, -0.25) is 0 Å². The van der Waals surface area contributed by atoms with Gasteiger partial charge in [0.2, 0.25) is 0 Å². The Labute approximate surface area is 94.3 Å². The quantitative estimate of drug-likeness (QED) is 0.577. The molecule has 0 amide bonds. The topological polar surface area (TPSA) is 49.7 Å². The third-order valence-corrected chi connectivity index (χ3v) is 2.33. The average Bonchev–Trinajstić information content (AvgIpc) is 2.22. The minimum absolute atomic E-state index is 0.0683. The molecule has 1 aromatic carbocycles. The first-order valence-corrected chi connectivity index (χ1v) is 5.25. The van der Waals surface area contributed by atoms with Crippen LogP contribution in [-0.4, -0.2) is 29.7 Å². The van der Waals surface area contributed by atoms with Crippen LogP contribution in [0.15, 0.2) is 24.3 Å². The van der Waals surface area contributed by atoms with Crippen molar-refractivity contribution in [3.8, 4) is 0 Å². The van der Waals surface area contributed by atoms with Gasteiger partial charge in [-0.1, -0.05) is 29.8 Å². The molecule has 0 aliphatic rings. The lowest BCUT2D eigenvalue weighted by molar-refractivity contribution is -0.0997. The molecule has 1 rings (SSSR count). The predicted octanol–water partition coefficient (Wildman–Crippen LogP) is 1.60. The van der Waals surface area contributed by atoms with Crippen molar-refractivity contribution in [2.45, 2.75) is 19.1 Å². The second-order valence-electron chi connectivity index (χ2n) is 3.20. The number of ether oxygens (including phenoxy) is 1. The summed E-state index contributed by atoms with van der Waals surface area (Å²) < 4.78 is 5.08. The largest absolute Gasteiger partial charge is 0.396 e. The van der Waals surface area contributed by atoms with E-state index < -0.39 is 6.29 Å². The van der Waals surface area contributed by atoms with E-state index in [0.29, 0.717) is 24.5 Å². The molecule has 1 unspecified atom stereocenters. The van der Waals surface area contributed by atoms with E-state index in [2.05, 4.69) is 0 Å². The van der Waals surface area contributed by atoms with Gasteiger partial charge in [-0.2, -0.15) is 0 Å². The maximum atomic E-state index is 9.49. The van der Waals surface area contributed by atoms with Gasteiger partial charge < -0.3 is 14.9 Å². The van der Waals surface area contributed by atoms with Crippen molar-refractivity contribution in [3.63, 3.8) is 0 Å². The van der Waals surface area contributed by atoms with Crippen LogP contribution < -0.4 is 0 Å². The summed E-state index contributed by atoms with van der Waals surface area (Å²) in [6, 6.07) is 7.32. The van der Waals surface area contributed by atoms with Crippen molar-refractivity contribution in [2.24, 2.45) is 0 Å². The molecule has 0 radical (unpaired) electrons. The number of aliphatic hydroxyl groups is 2. The van der Waals surface area contributed by atoms with Gasteiger partial charge in [-0.25, -0.2) is 0 Å². The molecule has 4 heteroatoms. The molecule has 84 valence electrons. The molecule has 3 nitrogen and oxygen atoms in total. The minimum Gasteiger partial charge on any atom is -0.396 e. The smallest absolute Gasteiger partial charge is 0.158 e. The first-order chi connectivity index (χ1) is 7.24. The summed E-state index contributed by atoms with van der Waals surface area (Å²) in [6.45, 7) is 0.418. The molecule has 0 spiro atoms. The van der Waals surface area contributed by atoms with Gasteiger partial charge >= 0.3 is 0 Å². The lowest BCUT2D eigenvalue weighted by atomic mass is 10.1. The third kappa shape index (κ3) is 4.62. The van der Waals surface area contributed by atoms with Crippen molar-refractivity contribution in [2.75, 3.05) is 13.2 Å².